The first kappa shape index (κ1) is 14.3. The number of carbonyl (C=O) groups is 1. The Kier molecular flexibility index (Phi) is 3.91. The molecule has 0 radical (unpaired) electrons. The van der Waals surface area contributed by atoms with Crippen molar-refractivity contribution in [3.05, 3.63) is 35.9 Å². The monoisotopic (exact) mass is 299 g/mol. The summed E-state index contributed by atoms with van der Waals surface area (Å²) in [6.07, 6.45) is 6.96. The molecule has 4 rings (SSSR count). The second kappa shape index (κ2) is 6.04. The molecule has 0 N–H and O–H groups in total. The fraction of sp³-hybridized carbons (Fsp3) is 0.632. The molecule has 22 heavy (non-hydrogen) atoms. The molecule has 0 unspecified atom stereocenters. The van der Waals surface area contributed by atoms with Crippen molar-refractivity contribution < 1.29 is 9.53 Å². The molecule has 1 amide bonds. The molecule has 1 saturated heterocycles. The number of carbonyl (C=O) groups excluding carboxylic acids is 1. The van der Waals surface area contributed by atoms with Crippen molar-refractivity contribution in [2.45, 2.75) is 50.7 Å². The Hall–Kier alpha value is -1.35. The van der Waals surface area contributed by atoms with Crippen LogP contribution < -0.4 is 0 Å². The van der Waals surface area contributed by atoms with Crippen molar-refractivity contribution in [3.63, 3.8) is 0 Å². The van der Waals surface area contributed by atoms with Crippen LogP contribution in [-0.4, -0.2) is 36.1 Å². The molecule has 0 bridgehead atoms. The van der Waals surface area contributed by atoms with E-state index >= 15 is 0 Å². The van der Waals surface area contributed by atoms with Crippen LogP contribution in [0.2, 0.25) is 0 Å². The smallest absolute Gasteiger partial charge is 0.226 e. The van der Waals surface area contributed by atoms with Gasteiger partial charge >= 0.3 is 0 Å². The standard InChI is InChI=1S/C19H25NO2/c21-19(16-8-9-16)20-11-10-18(22-13-15-6-7-15)17(20)12-14-4-2-1-3-5-14/h1-5,15-18H,6-13H2/t17-,18+/m0/s1. The van der Waals surface area contributed by atoms with Gasteiger partial charge in [-0.3, -0.25) is 4.79 Å². The van der Waals surface area contributed by atoms with Crippen molar-refractivity contribution in [1.29, 1.82) is 0 Å². The van der Waals surface area contributed by atoms with Crippen LogP contribution in [-0.2, 0) is 16.0 Å². The average molecular weight is 299 g/mol. The summed E-state index contributed by atoms with van der Waals surface area (Å²) in [6.45, 7) is 1.77. The Morgan fingerprint density at radius 1 is 1.09 bits per heavy atom. The van der Waals surface area contributed by atoms with Crippen molar-refractivity contribution in [1.82, 2.24) is 4.90 Å². The van der Waals surface area contributed by atoms with Crippen LogP contribution in [0, 0.1) is 11.8 Å². The lowest BCUT2D eigenvalue weighted by molar-refractivity contribution is -0.134. The number of likely N-dealkylation sites (tertiary alicyclic amines) is 1. The Morgan fingerprint density at radius 2 is 1.86 bits per heavy atom. The maximum atomic E-state index is 12.6. The van der Waals surface area contributed by atoms with Crippen LogP contribution in [0.1, 0.15) is 37.7 Å². The summed E-state index contributed by atoms with van der Waals surface area (Å²) in [4.78, 5) is 14.7. The van der Waals surface area contributed by atoms with Crippen LogP contribution in [0.15, 0.2) is 30.3 Å². The summed E-state index contributed by atoms with van der Waals surface area (Å²) in [7, 11) is 0. The number of amides is 1. The second-order valence-electron chi connectivity index (χ2n) is 7.17. The third-order valence-electron chi connectivity index (χ3n) is 5.22. The first-order chi connectivity index (χ1) is 10.8. The Balaban J connectivity index is 1.46. The summed E-state index contributed by atoms with van der Waals surface area (Å²) in [5.41, 5.74) is 1.31. The van der Waals surface area contributed by atoms with Gasteiger partial charge in [0.1, 0.15) is 0 Å². The van der Waals surface area contributed by atoms with E-state index in [9.17, 15) is 4.79 Å². The maximum Gasteiger partial charge on any atom is 0.226 e. The Labute approximate surface area is 132 Å². The normalized spacial score (nSPS) is 28.1. The second-order valence-corrected chi connectivity index (χ2v) is 7.17. The van der Waals surface area contributed by atoms with Gasteiger partial charge in [0.05, 0.1) is 12.1 Å². The van der Waals surface area contributed by atoms with E-state index in [0.717, 1.165) is 44.8 Å². The topological polar surface area (TPSA) is 29.5 Å². The molecule has 2 aliphatic carbocycles. The number of nitrogens with zero attached hydrogens (tertiary/aromatic N) is 1. The quantitative estimate of drug-likeness (QED) is 0.808. The average Bonchev–Trinajstić information content (AvgIpc) is 3.45. The largest absolute Gasteiger partial charge is 0.376 e. The van der Waals surface area contributed by atoms with E-state index in [1.54, 1.807) is 0 Å². The molecule has 3 heteroatoms. The minimum Gasteiger partial charge on any atom is -0.376 e. The zero-order valence-electron chi connectivity index (χ0n) is 13.1. The molecule has 1 aromatic rings. The molecule has 118 valence electrons. The van der Waals surface area contributed by atoms with Crippen molar-refractivity contribution >= 4 is 5.91 Å². The van der Waals surface area contributed by atoms with Crippen LogP contribution in [0.25, 0.3) is 0 Å². The van der Waals surface area contributed by atoms with Crippen LogP contribution >= 0.6 is 0 Å². The van der Waals surface area contributed by atoms with Gasteiger partial charge in [-0.05, 0) is 50.0 Å². The number of rotatable bonds is 6. The molecule has 0 aromatic heterocycles. The van der Waals surface area contributed by atoms with E-state index in [-0.39, 0.29) is 12.1 Å². The molecule has 2 atom stereocenters. The van der Waals surface area contributed by atoms with E-state index in [0.29, 0.717) is 11.8 Å². The maximum absolute atomic E-state index is 12.6. The van der Waals surface area contributed by atoms with Crippen molar-refractivity contribution in [2.75, 3.05) is 13.2 Å². The number of ether oxygens (including phenoxy) is 1. The zero-order chi connectivity index (χ0) is 14.9. The lowest BCUT2D eigenvalue weighted by Gasteiger charge is -2.28. The molecule has 1 heterocycles. The fourth-order valence-corrected chi connectivity index (χ4v) is 3.50. The Bertz CT molecular complexity index is 521. The zero-order valence-corrected chi connectivity index (χ0v) is 13.1. The van der Waals surface area contributed by atoms with Gasteiger partial charge in [-0.2, -0.15) is 0 Å². The van der Waals surface area contributed by atoms with Gasteiger partial charge in [-0.1, -0.05) is 30.3 Å². The lowest BCUT2D eigenvalue weighted by atomic mass is 10.0. The Morgan fingerprint density at radius 3 is 2.55 bits per heavy atom. The predicted octanol–water partition coefficient (Wildman–Crippen LogP) is 3.04. The minimum atomic E-state index is 0.225. The third kappa shape index (κ3) is 3.19. The summed E-state index contributed by atoms with van der Waals surface area (Å²) >= 11 is 0. The fourth-order valence-electron chi connectivity index (χ4n) is 3.50. The van der Waals surface area contributed by atoms with Crippen molar-refractivity contribution in [2.24, 2.45) is 11.8 Å². The molecule has 0 spiro atoms. The van der Waals surface area contributed by atoms with E-state index < -0.39 is 0 Å². The van der Waals surface area contributed by atoms with Crippen molar-refractivity contribution in [3.8, 4) is 0 Å². The molecule has 3 nitrogen and oxygen atoms in total. The minimum absolute atomic E-state index is 0.225. The summed E-state index contributed by atoms with van der Waals surface area (Å²) < 4.78 is 6.20. The van der Waals surface area contributed by atoms with E-state index in [4.69, 9.17) is 4.74 Å². The predicted molar refractivity (Wildman–Crippen MR) is 85.5 cm³/mol. The number of hydrogen-bond donors (Lipinski definition) is 0. The van der Waals surface area contributed by atoms with Gasteiger partial charge in [0.15, 0.2) is 0 Å². The SMILES string of the molecule is O=C(C1CC1)N1CC[C@@H](OCC2CC2)[C@@H]1Cc1ccccc1. The van der Waals surface area contributed by atoms with Gasteiger partial charge in [0.25, 0.3) is 0 Å². The van der Waals surface area contributed by atoms with E-state index in [2.05, 4.69) is 29.2 Å². The molecule has 1 aliphatic heterocycles. The van der Waals surface area contributed by atoms with E-state index in [1.165, 1.54) is 18.4 Å². The number of hydrogen-bond acceptors (Lipinski definition) is 2. The molecule has 3 aliphatic rings. The van der Waals surface area contributed by atoms with Gasteiger partial charge in [0, 0.05) is 19.1 Å². The van der Waals surface area contributed by atoms with Crippen LogP contribution in [0.3, 0.4) is 0 Å². The molecule has 1 aromatic carbocycles. The summed E-state index contributed by atoms with van der Waals surface area (Å²) in [6, 6.07) is 10.8. The summed E-state index contributed by atoms with van der Waals surface area (Å²) in [5.74, 6) is 1.46. The molecule has 3 fully saturated rings. The van der Waals surface area contributed by atoms with E-state index in [1.807, 2.05) is 6.07 Å². The summed E-state index contributed by atoms with van der Waals surface area (Å²) in [5, 5.41) is 0. The van der Waals surface area contributed by atoms with Crippen LogP contribution in [0.4, 0.5) is 0 Å². The highest BCUT2D eigenvalue weighted by atomic mass is 16.5. The highest BCUT2D eigenvalue weighted by Crippen LogP contribution is 2.36. The van der Waals surface area contributed by atoms with Crippen LogP contribution in [0.5, 0.6) is 0 Å². The van der Waals surface area contributed by atoms with Gasteiger partial charge in [-0.15, -0.1) is 0 Å². The molecular formula is C19H25NO2. The first-order valence-corrected chi connectivity index (χ1v) is 8.77. The van der Waals surface area contributed by atoms with Gasteiger partial charge < -0.3 is 9.64 Å². The van der Waals surface area contributed by atoms with Gasteiger partial charge in [-0.25, -0.2) is 0 Å². The first-order valence-electron chi connectivity index (χ1n) is 8.77. The highest BCUT2D eigenvalue weighted by Gasteiger charge is 2.43. The third-order valence-corrected chi connectivity index (χ3v) is 5.22. The molecule has 2 saturated carbocycles. The van der Waals surface area contributed by atoms with Gasteiger partial charge in [0.2, 0.25) is 5.91 Å². The molecular weight excluding hydrogens is 274 g/mol. The highest BCUT2D eigenvalue weighted by molar-refractivity contribution is 5.81. The number of benzene rings is 1. The lowest BCUT2D eigenvalue weighted by Crippen LogP contribution is -2.42.